The number of sulfonamides is 1. The zero-order valence-corrected chi connectivity index (χ0v) is 13.0. The van der Waals surface area contributed by atoms with Crippen LogP contribution in [0.1, 0.15) is 0 Å². The molecule has 1 saturated heterocycles. The first-order valence-corrected chi connectivity index (χ1v) is 8.49. The highest BCUT2D eigenvalue weighted by Crippen LogP contribution is 2.21. The van der Waals surface area contributed by atoms with E-state index in [1.54, 1.807) is 24.3 Å². The molecule has 0 bridgehead atoms. The molecule has 2 heterocycles. The molecule has 1 aromatic carbocycles. The maximum absolute atomic E-state index is 12.7. The molecule has 3 N–H and O–H groups in total. The molecule has 0 saturated carbocycles. The van der Waals surface area contributed by atoms with E-state index < -0.39 is 17.1 Å². The van der Waals surface area contributed by atoms with Gasteiger partial charge >= 0.3 is 7.12 Å². The molecule has 1 aromatic heterocycles. The number of rotatable bonds is 3. The molecule has 0 aliphatic carbocycles. The van der Waals surface area contributed by atoms with Crippen molar-refractivity contribution in [3.63, 3.8) is 0 Å². The van der Waals surface area contributed by atoms with Gasteiger partial charge in [0.15, 0.2) is 0 Å². The molecule has 1 aliphatic rings. The first-order chi connectivity index (χ1) is 10.4. The number of aromatic nitrogens is 1. The van der Waals surface area contributed by atoms with Gasteiger partial charge in [-0.1, -0.05) is 0 Å². The number of hydrogen-bond donors (Lipinski definition) is 3. The highest BCUT2D eigenvalue weighted by molar-refractivity contribution is 7.89. The summed E-state index contributed by atoms with van der Waals surface area (Å²) in [6.07, 6.45) is 0. The summed E-state index contributed by atoms with van der Waals surface area (Å²) in [6.45, 7) is 2.38. The number of nitrogens with zero attached hydrogens (tertiary/aromatic N) is 2. The molecule has 0 radical (unpaired) electrons. The second-order valence-electron chi connectivity index (χ2n) is 5.55. The van der Waals surface area contributed by atoms with Gasteiger partial charge in [-0.2, -0.15) is 4.31 Å². The van der Waals surface area contributed by atoms with E-state index in [0.29, 0.717) is 37.1 Å². The third-order valence-corrected chi connectivity index (χ3v) is 5.89. The number of nitrogens with one attached hydrogen (secondary N) is 1. The Bertz CT molecular complexity index is 782. The van der Waals surface area contributed by atoms with Gasteiger partial charge < -0.3 is 19.9 Å². The summed E-state index contributed by atoms with van der Waals surface area (Å²) in [6, 6.07) is 6.29. The van der Waals surface area contributed by atoms with Crippen LogP contribution in [0.3, 0.4) is 0 Å². The monoisotopic (exact) mass is 323 g/mol. The van der Waals surface area contributed by atoms with Crippen molar-refractivity contribution < 1.29 is 18.5 Å². The molecule has 0 spiro atoms. The van der Waals surface area contributed by atoms with Crippen LogP contribution in [-0.4, -0.2) is 73.0 Å². The number of aromatic amines is 1. The minimum Gasteiger partial charge on any atom is -0.422 e. The van der Waals surface area contributed by atoms with Gasteiger partial charge in [-0.3, -0.25) is 0 Å². The lowest BCUT2D eigenvalue weighted by Crippen LogP contribution is -2.46. The van der Waals surface area contributed by atoms with Crippen molar-refractivity contribution in [3.8, 4) is 0 Å². The van der Waals surface area contributed by atoms with E-state index in [-0.39, 0.29) is 10.5 Å². The first kappa shape index (κ1) is 15.5. The zero-order chi connectivity index (χ0) is 15.9. The van der Waals surface area contributed by atoms with Crippen LogP contribution in [0, 0.1) is 0 Å². The minimum absolute atomic E-state index is 0.225. The van der Waals surface area contributed by atoms with Gasteiger partial charge in [-0.05, 0) is 31.3 Å². The standard InChI is InChI=1S/C13H18BN3O4S/c1-16-4-6-17(7-5-16)22(20,21)11-2-3-12-10(8-11)9-13(15-12)14(18)19/h2-3,8-9,15,18-19H,4-7H2,1H3. The number of fused-ring (bicyclic) bond motifs is 1. The fourth-order valence-corrected chi connectivity index (χ4v) is 4.07. The van der Waals surface area contributed by atoms with Crippen LogP contribution in [-0.2, 0) is 10.0 Å². The third-order valence-electron chi connectivity index (χ3n) is 3.99. The molecule has 7 nitrogen and oxygen atoms in total. The summed E-state index contributed by atoms with van der Waals surface area (Å²) in [5.41, 5.74) is 0.907. The van der Waals surface area contributed by atoms with Crippen LogP contribution in [0.15, 0.2) is 29.2 Å². The lowest BCUT2D eigenvalue weighted by molar-refractivity contribution is 0.222. The van der Waals surface area contributed by atoms with Crippen molar-refractivity contribution in [2.24, 2.45) is 0 Å². The molecule has 9 heteroatoms. The number of hydrogen-bond acceptors (Lipinski definition) is 5. The molecule has 1 aliphatic heterocycles. The van der Waals surface area contributed by atoms with Gasteiger partial charge in [-0.15, -0.1) is 0 Å². The van der Waals surface area contributed by atoms with Crippen molar-refractivity contribution in [2.45, 2.75) is 4.90 Å². The van der Waals surface area contributed by atoms with Crippen LogP contribution in [0.2, 0.25) is 0 Å². The summed E-state index contributed by atoms with van der Waals surface area (Å²) >= 11 is 0. The van der Waals surface area contributed by atoms with Crippen molar-refractivity contribution in [1.29, 1.82) is 0 Å². The molecule has 2 aromatic rings. The molecule has 1 fully saturated rings. The summed E-state index contributed by atoms with van der Waals surface area (Å²) in [7, 11) is -3.16. The average Bonchev–Trinajstić information content (AvgIpc) is 2.91. The van der Waals surface area contributed by atoms with Gasteiger partial charge in [-0.25, -0.2) is 8.42 Å². The zero-order valence-electron chi connectivity index (χ0n) is 12.2. The number of piperazine rings is 1. The Labute approximate surface area is 129 Å². The van der Waals surface area contributed by atoms with Crippen molar-refractivity contribution in [1.82, 2.24) is 14.2 Å². The van der Waals surface area contributed by atoms with Crippen LogP contribution >= 0.6 is 0 Å². The number of likely N-dealkylation sites (N-methyl/N-ethyl adjacent to an activating group) is 1. The van der Waals surface area contributed by atoms with E-state index >= 15 is 0 Å². The normalized spacial score (nSPS) is 18.0. The molecule has 3 rings (SSSR count). The summed E-state index contributed by atoms with van der Waals surface area (Å²) in [5, 5.41) is 19.0. The Hall–Kier alpha value is -1.39. The number of benzene rings is 1. The SMILES string of the molecule is CN1CCN(S(=O)(=O)c2ccc3[nH]c(B(O)O)cc3c2)CC1. The van der Waals surface area contributed by atoms with Crippen molar-refractivity contribution in [3.05, 3.63) is 24.3 Å². The molecular weight excluding hydrogens is 305 g/mol. The Morgan fingerprint density at radius 2 is 1.82 bits per heavy atom. The fourth-order valence-electron chi connectivity index (χ4n) is 2.61. The third kappa shape index (κ3) is 2.78. The highest BCUT2D eigenvalue weighted by atomic mass is 32.2. The van der Waals surface area contributed by atoms with Crippen LogP contribution in [0.25, 0.3) is 10.9 Å². The molecule has 0 atom stereocenters. The Kier molecular flexibility index (Phi) is 4.00. The molecular formula is C13H18BN3O4S. The summed E-state index contributed by atoms with van der Waals surface area (Å²) < 4.78 is 26.8. The van der Waals surface area contributed by atoms with Gasteiger partial charge in [0.05, 0.1) is 4.90 Å². The lowest BCUT2D eigenvalue weighted by atomic mass is 9.87. The van der Waals surface area contributed by atoms with Gasteiger partial charge in [0.1, 0.15) is 0 Å². The molecule has 22 heavy (non-hydrogen) atoms. The first-order valence-electron chi connectivity index (χ1n) is 7.05. The Morgan fingerprint density at radius 1 is 1.14 bits per heavy atom. The Balaban J connectivity index is 1.95. The maximum atomic E-state index is 12.7. The quantitative estimate of drug-likeness (QED) is 0.616. The topological polar surface area (TPSA) is 96.9 Å². The predicted molar refractivity (Wildman–Crippen MR) is 84.4 cm³/mol. The largest absolute Gasteiger partial charge is 0.505 e. The fraction of sp³-hybridized carbons (Fsp3) is 0.385. The summed E-state index contributed by atoms with van der Waals surface area (Å²) in [4.78, 5) is 5.16. The van der Waals surface area contributed by atoms with Gasteiger partial charge in [0.25, 0.3) is 0 Å². The van der Waals surface area contributed by atoms with Crippen LogP contribution < -0.4 is 5.59 Å². The molecule has 118 valence electrons. The van der Waals surface area contributed by atoms with E-state index in [1.807, 2.05) is 7.05 Å². The average molecular weight is 323 g/mol. The van der Waals surface area contributed by atoms with E-state index in [0.717, 1.165) is 0 Å². The smallest absolute Gasteiger partial charge is 0.422 e. The highest BCUT2D eigenvalue weighted by Gasteiger charge is 2.27. The molecule has 0 unspecified atom stereocenters. The predicted octanol–water partition coefficient (Wildman–Crippen LogP) is -1.22. The van der Waals surface area contributed by atoms with Crippen molar-refractivity contribution >= 4 is 33.6 Å². The van der Waals surface area contributed by atoms with Gasteiger partial charge in [0.2, 0.25) is 10.0 Å². The van der Waals surface area contributed by atoms with Crippen LogP contribution in [0.4, 0.5) is 0 Å². The summed E-state index contributed by atoms with van der Waals surface area (Å²) in [5.74, 6) is 0. The van der Waals surface area contributed by atoms with Crippen molar-refractivity contribution in [2.75, 3.05) is 33.2 Å². The van der Waals surface area contributed by atoms with E-state index in [9.17, 15) is 18.5 Å². The second kappa shape index (κ2) is 5.67. The maximum Gasteiger partial charge on any atom is 0.505 e. The minimum atomic E-state index is -3.52. The molecule has 0 amide bonds. The van der Waals surface area contributed by atoms with Crippen LogP contribution in [0.5, 0.6) is 0 Å². The second-order valence-corrected chi connectivity index (χ2v) is 7.49. The lowest BCUT2D eigenvalue weighted by Gasteiger charge is -2.31. The van der Waals surface area contributed by atoms with Gasteiger partial charge in [0, 0.05) is 42.7 Å². The van der Waals surface area contributed by atoms with E-state index in [2.05, 4.69) is 9.88 Å². The van der Waals surface area contributed by atoms with E-state index in [1.165, 1.54) is 4.31 Å². The van der Waals surface area contributed by atoms with E-state index in [4.69, 9.17) is 0 Å². The number of H-pyrrole nitrogens is 1. The Morgan fingerprint density at radius 3 is 2.45 bits per heavy atom.